The van der Waals surface area contributed by atoms with Gasteiger partial charge in [0.15, 0.2) is 0 Å². The van der Waals surface area contributed by atoms with Crippen LogP contribution >= 0.6 is 0 Å². The van der Waals surface area contributed by atoms with E-state index in [0.29, 0.717) is 16.8 Å². The van der Waals surface area contributed by atoms with Gasteiger partial charge in [-0.1, -0.05) is 137 Å². The Morgan fingerprint density at radius 3 is 1.60 bits per heavy atom. The van der Waals surface area contributed by atoms with E-state index in [-0.39, 0.29) is 35.0 Å². The maximum Gasteiger partial charge on any atom is 0.0651 e. The molecule has 0 atom stereocenters. The molecule has 0 radical (unpaired) electrons. The number of benzene rings is 7. The first-order chi connectivity index (χ1) is 24.5. The highest BCUT2D eigenvalue weighted by Crippen LogP contribution is 2.53. The van der Waals surface area contributed by atoms with E-state index in [4.69, 9.17) is 2.74 Å². The summed E-state index contributed by atoms with van der Waals surface area (Å²) in [4.78, 5) is 1.99. The average Bonchev–Trinajstić information content (AvgIpc) is 3.51. The monoisotopic (exact) mass is 607 g/mol. The Morgan fingerprint density at radius 1 is 0.447 bits per heavy atom. The zero-order valence-corrected chi connectivity index (χ0v) is 27.1. The highest BCUT2D eigenvalue weighted by Gasteiger charge is 2.37. The van der Waals surface area contributed by atoms with Gasteiger partial charge in [0.1, 0.15) is 0 Å². The third-order valence-corrected chi connectivity index (χ3v) is 10.5. The lowest BCUT2D eigenvalue weighted by atomic mass is 9.82. The van der Waals surface area contributed by atoms with E-state index in [1.54, 1.807) is 0 Å². The maximum atomic E-state index is 9.81. The van der Waals surface area contributed by atoms with Gasteiger partial charge < -0.3 is 4.90 Å². The van der Waals surface area contributed by atoms with Gasteiger partial charge in [-0.3, -0.25) is 0 Å². The van der Waals surface area contributed by atoms with E-state index in [0.717, 1.165) is 22.1 Å². The van der Waals surface area contributed by atoms with Crippen LogP contribution in [0.3, 0.4) is 0 Å². The van der Waals surface area contributed by atoms with Crippen molar-refractivity contribution in [2.24, 2.45) is 0 Å². The fourth-order valence-electron chi connectivity index (χ4n) is 8.00. The van der Waals surface area contributed by atoms with E-state index < -0.39 is 0 Å². The summed E-state index contributed by atoms with van der Waals surface area (Å²) in [5.74, 6) is 0. The van der Waals surface area contributed by atoms with Gasteiger partial charge in [0.05, 0.1) is 5.48 Å². The predicted molar refractivity (Wildman–Crippen MR) is 199 cm³/mol. The van der Waals surface area contributed by atoms with Gasteiger partial charge in [0, 0.05) is 27.9 Å². The van der Waals surface area contributed by atoms with Gasteiger partial charge in [0.25, 0.3) is 0 Å². The van der Waals surface area contributed by atoms with Crippen LogP contribution in [-0.4, -0.2) is 0 Å². The Hall–Kier alpha value is -5.40. The van der Waals surface area contributed by atoms with Crippen molar-refractivity contribution < 1.29 is 5.48 Å². The largest absolute Gasteiger partial charge is 0.310 e. The third-order valence-electron chi connectivity index (χ3n) is 10.5. The molecule has 7 aromatic rings. The molecule has 0 aliphatic heterocycles. The van der Waals surface area contributed by atoms with Crippen molar-refractivity contribution in [2.75, 3.05) is 4.90 Å². The molecule has 0 unspecified atom stereocenters. The molecule has 0 saturated heterocycles. The summed E-state index contributed by atoms with van der Waals surface area (Å²) < 4.78 is 37.4. The summed E-state index contributed by atoms with van der Waals surface area (Å²) in [7, 11) is 0. The smallest absolute Gasteiger partial charge is 0.0651 e. The summed E-state index contributed by atoms with van der Waals surface area (Å²) in [5.41, 5.74) is 12.1. The number of hydrogen-bond acceptors (Lipinski definition) is 1. The van der Waals surface area contributed by atoms with E-state index in [1.165, 1.54) is 44.5 Å². The summed E-state index contributed by atoms with van der Waals surface area (Å²) >= 11 is 0. The van der Waals surface area contributed by atoms with Gasteiger partial charge in [-0.05, 0) is 109 Å². The fourth-order valence-corrected chi connectivity index (χ4v) is 8.00. The molecule has 0 fully saturated rings. The highest BCUT2D eigenvalue weighted by molar-refractivity contribution is 5.91. The van der Waals surface area contributed by atoms with Crippen LogP contribution in [0.1, 0.15) is 55.4 Å². The number of nitrogens with zero attached hydrogens (tertiary/aromatic N) is 1. The van der Waals surface area contributed by atoms with Gasteiger partial charge in [-0.15, -0.1) is 0 Å². The molecule has 0 N–H and O–H groups in total. The van der Waals surface area contributed by atoms with Crippen molar-refractivity contribution in [3.63, 3.8) is 0 Å². The Kier molecular flexibility index (Phi) is 5.10. The molecule has 0 amide bonds. The molecule has 2 aliphatic rings. The number of anilines is 3. The Morgan fingerprint density at radius 2 is 0.979 bits per heavy atom. The SMILES string of the molecule is [2H]c1c([2H])c(-c2ccc3ccccc3c2)c([2H])c(N(c2ccc3c(c2)C(C)(C)c2ccccc2-3)c2ccc3c(c2)C(C)(C)c2ccccc2-3)c1[2H]. The molecule has 0 bridgehead atoms. The Labute approximate surface area is 283 Å². The maximum absolute atomic E-state index is 9.81. The quantitative estimate of drug-likeness (QED) is 0.192. The predicted octanol–water partition coefficient (Wildman–Crippen LogP) is 12.6. The van der Waals surface area contributed by atoms with Crippen LogP contribution in [0, 0.1) is 0 Å². The minimum absolute atomic E-state index is 0.0578. The summed E-state index contributed by atoms with van der Waals surface area (Å²) in [6, 6.07) is 43.6. The molecule has 0 aromatic heterocycles. The van der Waals surface area contributed by atoms with Crippen LogP contribution < -0.4 is 4.90 Å². The van der Waals surface area contributed by atoms with Crippen molar-refractivity contribution in [3.05, 3.63) is 174 Å². The first kappa shape index (κ1) is 23.9. The Balaban J connectivity index is 1.32. The molecule has 9 rings (SSSR count). The highest BCUT2D eigenvalue weighted by atomic mass is 15.1. The molecule has 47 heavy (non-hydrogen) atoms. The van der Waals surface area contributed by atoms with Crippen molar-refractivity contribution in [2.45, 2.75) is 38.5 Å². The molecule has 0 spiro atoms. The second-order valence-corrected chi connectivity index (χ2v) is 13.9. The fraction of sp³-hybridized carbons (Fsp3) is 0.130. The first-order valence-electron chi connectivity index (χ1n) is 18.4. The standard InChI is InChI=1S/C46H37N/c1-45(2)41-18-9-7-16-37(41)39-24-22-35(28-43(39)45)47(36-23-25-40-38-17-8-10-19-42(38)46(3,4)44(40)29-36)34-15-11-14-32(27-34)33-21-20-30-12-5-6-13-31(30)26-33/h5-29H,1-4H3/i11D,14D,15D,27D. The van der Waals surface area contributed by atoms with Crippen molar-refractivity contribution >= 4 is 27.8 Å². The van der Waals surface area contributed by atoms with Crippen LogP contribution in [0.2, 0.25) is 0 Å². The van der Waals surface area contributed by atoms with E-state index in [2.05, 4.69) is 113 Å². The summed E-state index contributed by atoms with van der Waals surface area (Å²) in [6.45, 7) is 9.01. The molecular formula is C46H37N. The second kappa shape index (κ2) is 10.0. The van der Waals surface area contributed by atoms with Crippen molar-refractivity contribution in [1.82, 2.24) is 0 Å². The molecule has 1 heteroatoms. The van der Waals surface area contributed by atoms with Crippen molar-refractivity contribution in [1.29, 1.82) is 0 Å². The van der Waals surface area contributed by atoms with Crippen LogP contribution in [0.15, 0.2) is 152 Å². The molecule has 1 nitrogen and oxygen atoms in total. The first-order valence-corrected chi connectivity index (χ1v) is 16.4. The summed E-state index contributed by atoms with van der Waals surface area (Å²) in [5, 5.41) is 2.06. The van der Waals surface area contributed by atoms with E-state index >= 15 is 0 Å². The topological polar surface area (TPSA) is 3.24 Å². The second-order valence-electron chi connectivity index (χ2n) is 13.9. The molecule has 0 heterocycles. The average molecular weight is 608 g/mol. The van der Waals surface area contributed by atoms with Crippen molar-refractivity contribution in [3.8, 4) is 33.4 Å². The molecular weight excluding hydrogens is 567 g/mol. The van der Waals surface area contributed by atoms with E-state index in [1.807, 2.05) is 47.4 Å². The van der Waals surface area contributed by atoms with Gasteiger partial charge in [-0.2, -0.15) is 0 Å². The summed E-state index contributed by atoms with van der Waals surface area (Å²) in [6.07, 6.45) is 0. The van der Waals surface area contributed by atoms with Crippen LogP contribution in [-0.2, 0) is 10.8 Å². The Bertz CT molecular complexity index is 2490. The normalized spacial score (nSPS) is 15.9. The number of fused-ring (bicyclic) bond motifs is 7. The molecule has 2 aliphatic carbocycles. The molecule has 226 valence electrons. The lowest BCUT2D eigenvalue weighted by molar-refractivity contribution is 0.660. The molecule has 7 aromatic carbocycles. The third kappa shape index (κ3) is 4.16. The zero-order chi connectivity index (χ0) is 35.4. The van der Waals surface area contributed by atoms with Gasteiger partial charge in [-0.25, -0.2) is 0 Å². The molecule has 0 saturated carbocycles. The lowest BCUT2D eigenvalue weighted by Crippen LogP contribution is -2.18. The van der Waals surface area contributed by atoms with Gasteiger partial charge >= 0.3 is 0 Å². The van der Waals surface area contributed by atoms with E-state index in [9.17, 15) is 2.74 Å². The minimum atomic E-state index is -0.259. The number of hydrogen-bond donors (Lipinski definition) is 0. The van der Waals surface area contributed by atoms with Gasteiger partial charge in [0.2, 0.25) is 0 Å². The van der Waals surface area contributed by atoms with Crippen LogP contribution in [0.25, 0.3) is 44.2 Å². The zero-order valence-electron chi connectivity index (χ0n) is 31.1. The number of rotatable bonds is 4. The lowest BCUT2D eigenvalue weighted by Gasteiger charge is -2.30. The van der Waals surface area contributed by atoms with Crippen LogP contribution in [0.5, 0.6) is 0 Å². The van der Waals surface area contributed by atoms with Crippen LogP contribution in [0.4, 0.5) is 17.1 Å². The minimum Gasteiger partial charge on any atom is -0.310 e.